The van der Waals surface area contributed by atoms with Gasteiger partial charge >= 0.3 is 0 Å². The molecule has 0 atom stereocenters. The quantitative estimate of drug-likeness (QED) is 0.427. The van der Waals surface area contributed by atoms with Gasteiger partial charge in [-0.25, -0.2) is 4.98 Å². The Kier molecular flexibility index (Phi) is 5.75. The summed E-state index contributed by atoms with van der Waals surface area (Å²) in [5.74, 6) is 0.788. The number of thioether (sulfide) groups is 1. The fourth-order valence-corrected chi connectivity index (χ4v) is 3.21. The number of anilines is 1. The van der Waals surface area contributed by atoms with Crippen molar-refractivity contribution in [2.24, 2.45) is 0 Å². The molecule has 0 unspecified atom stereocenters. The van der Waals surface area contributed by atoms with Gasteiger partial charge in [0.25, 0.3) is 0 Å². The predicted octanol–water partition coefficient (Wildman–Crippen LogP) is 4.46. The van der Waals surface area contributed by atoms with Gasteiger partial charge in [-0.1, -0.05) is 29.4 Å². The fourth-order valence-electron chi connectivity index (χ4n) is 1.94. The normalized spacial score (nSPS) is 10.6. The molecule has 1 aromatic heterocycles. The number of aromatic amines is 1. The number of nitrogens with zero attached hydrogens (tertiary/aromatic N) is 2. The molecule has 0 saturated heterocycles. The van der Waals surface area contributed by atoms with E-state index in [0.29, 0.717) is 16.0 Å². The summed E-state index contributed by atoms with van der Waals surface area (Å²) >= 11 is 9.35. The summed E-state index contributed by atoms with van der Waals surface area (Å²) in [6, 6.07) is 14.9. The average molecular weight is 471 g/mol. The van der Waals surface area contributed by atoms with Crippen molar-refractivity contribution in [3.63, 3.8) is 0 Å². The standard InChI is InChI=1S/C16H12ClIN4OS/c17-11-6-4-10(5-7-11)15-20-16(22-21-15)24-9-14(23)19-13-3-1-2-12(18)8-13/h1-8H,9H2,(H,19,23)(H,20,21,22). The van der Waals surface area contributed by atoms with E-state index in [1.165, 1.54) is 11.8 Å². The molecule has 8 heteroatoms. The molecule has 3 rings (SSSR count). The molecule has 0 spiro atoms. The van der Waals surface area contributed by atoms with Crippen LogP contribution in [-0.4, -0.2) is 26.8 Å². The topological polar surface area (TPSA) is 70.7 Å². The second-order valence-electron chi connectivity index (χ2n) is 4.82. The molecule has 3 aromatic rings. The first-order valence-electron chi connectivity index (χ1n) is 6.97. The minimum absolute atomic E-state index is 0.0974. The largest absolute Gasteiger partial charge is 0.325 e. The van der Waals surface area contributed by atoms with Gasteiger partial charge in [-0.05, 0) is 65.1 Å². The molecular formula is C16H12ClIN4OS. The number of hydrogen-bond acceptors (Lipinski definition) is 4. The van der Waals surface area contributed by atoms with Crippen LogP contribution >= 0.6 is 46.0 Å². The van der Waals surface area contributed by atoms with Crippen LogP contribution in [0.3, 0.4) is 0 Å². The van der Waals surface area contributed by atoms with Crippen molar-refractivity contribution in [3.05, 3.63) is 57.1 Å². The van der Waals surface area contributed by atoms with Gasteiger partial charge < -0.3 is 5.32 Å². The molecule has 2 N–H and O–H groups in total. The smallest absolute Gasteiger partial charge is 0.234 e. The minimum Gasteiger partial charge on any atom is -0.325 e. The molecule has 0 bridgehead atoms. The Morgan fingerprint density at radius 1 is 1.25 bits per heavy atom. The highest BCUT2D eigenvalue weighted by atomic mass is 127. The SMILES string of the molecule is O=C(CSc1n[nH]c(-c2ccc(Cl)cc2)n1)Nc1cccc(I)c1. The number of carbonyl (C=O) groups is 1. The van der Waals surface area contributed by atoms with E-state index in [0.717, 1.165) is 14.8 Å². The van der Waals surface area contributed by atoms with Crippen molar-refractivity contribution in [1.82, 2.24) is 15.2 Å². The van der Waals surface area contributed by atoms with E-state index in [9.17, 15) is 4.79 Å². The molecule has 122 valence electrons. The van der Waals surface area contributed by atoms with Crippen LogP contribution in [0, 0.1) is 3.57 Å². The molecule has 2 aromatic carbocycles. The van der Waals surface area contributed by atoms with Gasteiger partial charge in [-0.15, -0.1) is 5.10 Å². The van der Waals surface area contributed by atoms with Crippen LogP contribution in [0.1, 0.15) is 0 Å². The fraction of sp³-hybridized carbons (Fsp3) is 0.0625. The minimum atomic E-state index is -0.0974. The third-order valence-corrected chi connectivity index (χ3v) is 4.79. The first-order chi connectivity index (χ1) is 11.6. The van der Waals surface area contributed by atoms with Crippen LogP contribution in [0.15, 0.2) is 53.7 Å². The van der Waals surface area contributed by atoms with Crippen LogP contribution in [0.25, 0.3) is 11.4 Å². The Hall–Kier alpha value is -1.58. The summed E-state index contributed by atoms with van der Waals surface area (Å²) in [7, 11) is 0. The first-order valence-corrected chi connectivity index (χ1v) is 9.41. The lowest BCUT2D eigenvalue weighted by atomic mass is 10.2. The van der Waals surface area contributed by atoms with Crippen molar-refractivity contribution < 1.29 is 4.79 Å². The van der Waals surface area contributed by atoms with Crippen LogP contribution in [0.2, 0.25) is 5.02 Å². The van der Waals surface area contributed by atoms with E-state index in [1.54, 1.807) is 12.1 Å². The molecule has 0 aliphatic rings. The zero-order chi connectivity index (χ0) is 16.9. The maximum Gasteiger partial charge on any atom is 0.234 e. The number of halogens is 2. The van der Waals surface area contributed by atoms with Gasteiger partial charge in [-0.3, -0.25) is 9.89 Å². The highest BCUT2D eigenvalue weighted by Gasteiger charge is 2.09. The molecule has 24 heavy (non-hydrogen) atoms. The number of nitrogens with one attached hydrogen (secondary N) is 2. The number of amides is 1. The van der Waals surface area contributed by atoms with E-state index < -0.39 is 0 Å². The lowest BCUT2D eigenvalue weighted by Gasteiger charge is -2.04. The lowest BCUT2D eigenvalue weighted by molar-refractivity contribution is -0.113. The van der Waals surface area contributed by atoms with E-state index in [1.807, 2.05) is 36.4 Å². The van der Waals surface area contributed by atoms with Crippen LogP contribution < -0.4 is 5.32 Å². The summed E-state index contributed by atoms with van der Waals surface area (Å²) < 4.78 is 1.07. The highest BCUT2D eigenvalue weighted by molar-refractivity contribution is 14.1. The second kappa shape index (κ2) is 8.00. The summed E-state index contributed by atoms with van der Waals surface area (Å²) in [6.45, 7) is 0. The molecular weight excluding hydrogens is 459 g/mol. The third-order valence-electron chi connectivity index (χ3n) is 3.02. The van der Waals surface area contributed by atoms with Gasteiger partial charge in [-0.2, -0.15) is 0 Å². The van der Waals surface area contributed by atoms with E-state index in [2.05, 4.69) is 43.1 Å². The number of aromatic nitrogens is 3. The summed E-state index contributed by atoms with van der Waals surface area (Å²) in [6.07, 6.45) is 0. The summed E-state index contributed by atoms with van der Waals surface area (Å²) in [4.78, 5) is 16.4. The van der Waals surface area contributed by atoms with Crippen LogP contribution in [0.5, 0.6) is 0 Å². The Labute approximate surface area is 161 Å². The monoisotopic (exact) mass is 470 g/mol. The van der Waals surface area contributed by atoms with Gasteiger partial charge in [0.05, 0.1) is 5.75 Å². The lowest BCUT2D eigenvalue weighted by Crippen LogP contribution is -2.14. The van der Waals surface area contributed by atoms with E-state index in [-0.39, 0.29) is 11.7 Å². The maximum absolute atomic E-state index is 12.0. The van der Waals surface area contributed by atoms with Gasteiger partial charge in [0.2, 0.25) is 11.1 Å². The van der Waals surface area contributed by atoms with Crippen LogP contribution in [0.4, 0.5) is 5.69 Å². The number of carbonyl (C=O) groups excluding carboxylic acids is 1. The molecule has 5 nitrogen and oxygen atoms in total. The zero-order valence-electron chi connectivity index (χ0n) is 12.3. The van der Waals surface area contributed by atoms with Crippen molar-refractivity contribution in [1.29, 1.82) is 0 Å². The Bertz CT molecular complexity index is 853. The third kappa shape index (κ3) is 4.71. The molecule has 0 fully saturated rings. The maximum atomic E-state index is 12.0. The second-order valence-corrected chi connectivity index (χ2v) is 7.45. The Balaban J connectivity index is 1.57. The molecule has 1 amide bonds. The summed E-state index contributed by atoms with van der Waals surface area (Å²) in [5, 5.41) is 11.0. The number of rotatable bonds is 5. The summed E-state index contributed by atoms with van der Waals surface area (Å²) in [5.41, 5.74) is 1.67. The number of hydrogen-bond donors (Lipinski definition) is 2. The van der Waals surface area contributed by atoms with Gasteiger partial charge in [0.15, 0.2) is 5.82 Å². The Morgan fingerprint density at radius 2 is 2.04 bits per heavy atom. The number of H-pyrrole nitrogens is 1. The highest BCUT2D eigenvalue weighted by Crippen LogP contribution is 2.21. The molecule has 0 radical (unpaired) electrons. The van der Waals surface area contributed by atoms with Crippen molar-refractivity contribution in [2.75, 3.05) is 11.1 Å². The van der Waals surface area contributed by atoms with Crippen molar-refractivity contribution >= 4 is 57.5 Å². The van der Waals surface area contributed by atoms with Crippen LogP contribution in [-0.2, 0) is 4.79 Å². The van der Waals surface area contributed by atoms with Crippen molar-refractivity contribution in [3.8, 4) is 11.4 Å². The molecule has 0 saturated carbocycles. The van der Waals surface area contributed by atoms with E-state index in [4.69, 9.17) is 11.6 Å². The van der Waals surface area contributed by atoms with Gasteiger partial charge in [0, 0.05) is 19.8 Å². The van der Waals surface area contributed by atoms with E-state index >= 15 is 0 Å². The van der Waals surface area contributed by atoms with Crippen molar-refractivity contribution in [2.45, 2.75) is 5.16 Å². The first kappa shape index (κ1) is 17.2. The van der Waals surface area contributed by atoms with Gasteiger partial charge in [0.1, 0.15) is 0 Å². The number of benzene rings is 2. The Morgan fingerprint density at radius 3 is 2.79 bits per heavy atom. The zero-order valence-corrected chi connectivity index (χ0v) is 16.0. The predicted molar refractivity (Wildman–Crippen MR) is 105 cm³/mol. The molecule has 0 aliphatic carbocycles. The average Bonchev–Trinajstić information content (AvgIpc) is 3.03. The molecule has 1 heterocycles. The molecule has 0 aliphatic heterocycles.